The third-order valence-corrected chi connectivity index (χ3v) is 5.91. The Balaban J connectivity index is 1.85. The molecule has 2 aromatic rings. The van der Waals surface area contributed by atoms with Crippen LogP contribution in [0.1, 0.15) is 25.0 Å². The molecule has 0 unspecified atom stereocenters. The number of ether oxygens (including phenoxy) is 1. The van der Waals surface area contributed by atoms with Crippen molar-refractivity contribution in [2.75, 3.05) is 23.3 Å². The average Bonchev–Trinajstić information content (AvgIpc) is 2.67. The molecule has 1 heterocycles. The maximum absolute atomic E-state index is 12.6. The Bertz CT molecular complexity index is 983. The fourth-order valence-corrected chi connectivity index (χ4v) is 4.34. The Labute approximate surface area is 160 Å². The molecule has 0 saturated carbocycles. The van der Waals surface area contributed by atoms with Crippen LogP contribution in [-0.2, 0) is 20.6 Å². The quantitative estimate of drug-likeness (QED) is 0.872. The minimum absolute atomic E-state index is 0.0471. The minimum atomic E-state index is -3.58. The van der Waals surface area contributed by atoms with E-state index in [0.717, 1.165) is 11.1 Å². The highest BCUT2D eigenvalue weighted by Gasteiger charge is 2.36. The highest BCUT2D eigenvalue weighted by molar-refractivity contribution is 7.91. The molecule has 0 aromatic heterocycles. The molecule has 0 atom stereocenters. The lowest BCUT2D eigenvalue weighted by Gasteiger charge is -2.24. The molecule has 1 aliphatic rings. The summed E-state index contributed by atoms with van der Waals surface area (Å²) in [5.74, 6) is 0.324. The Morgan fingerprint density at radius 2 is 1.89 bits per heavy atom. The van der Waals surface area contributed by atoms with E-state index in [1.807, 2.05) is 39.0 Å². The predicted octanol–water partition coefficient (Wildman–Crippen LogP) is 3.32. The third kappa shape index (κ3) is 4.08. The Hall–Kier alpha value is -2.54. The molecule has 0 saturated heterocycles. The van der Waals surface area contributed by atoms with E-state index in [2.05, 4.69) is 4.72 Å². The molecule has 7 heteroatoms. The standard InChI is InChI=1S/C20H24N2O4S/c1-14-7-5-6-8-15(14)12-27(24,25)21-16-9-10-17-18(11-16)26-13-20(2,3)19(23)22(17)4/h5-11,21H,12-13H2,1-4H3. The van der Waals surface area contributed by atoms with E-state index in [4.69, 9.17) is 4.74 Å². The summed E-state index contributed by atoms with van der Waals surface area (Å²) in [6.45, 7) is 5.76. The molecule has 1 aliphatic heterocycles. The number of fused-ring (bicyclic) bond motifs is 1. The minimum Gasteiger partial charge on any atom is -0.490 e. The van der Waals surface area contributed by atoms with E-state index in [-0.39, 0.29) is 18.3 Å². The van der Waals surface area contributed by atoms with Gasteiger partial charge in [0.05, 0.1) is 22.5 Å². The Kier molecular flexibility index (Phi) is 4.90. The van der Waals surface area contributed by atoms with Gasteiger partial charge in [-0.2, -0.15) is 0 Å². The zero-order valence-electron chi connectivity index (χ0n) is 15.9. The number of sulfonamides is 1. The lowest BCUT2D eigenvalue weighted by Crippen LogP contribution is -2.39. The van der Waals surface area contributed by atoms with E-state index < -0.39 is 15.4 Å². The predicted molar refractivity (Wildman–Crippen MR) is 107 cm³/mol. The van der Waals surface area contributed by atoms with Crippen molar-refractivity contribution in [1.29, 1.82) is 0 Å². The first-order chi connectivity index (χ1) is 12.6. The first kappa shape index (κ1) is 19.2. The van der Waals surface area contributed by atoms with Crippen molar-refractivity contribution in [3.05, 3.63) is 53.6 Å². The van der Waals surface area contributed by atoms with E-state index >= 15 is 0 Å². The summed E-state index contributed by atoms with van der Waals surface area (Å²) in [6.07, 6.45) is 0. The molecule has 0 bridgehead atoms. The number of nitrogens with zero attached hydrogens (tertiary/aromatic N) is 1. The number of nitrogens with one attached hydrogen (secondary N) is 1. The zero-order valence-corrected chi connectivity index (χ0v) is 16.8. The summed E-state index contributed by atoms with van der Waals surface area (Å²) >= 11 is 0. The molecule has 27 heavy (non-hydrogen) atoms. The molecule has 0 aliphatic carbocycles. The second kappa shape index (κ2) is 6.88. The van der Waals surface area contributed by atoms with Crippen molar-refractivity contribution in [2.45, 2.75) is 26.5 Å². The van der Waals surface area contributed by atoms with Gasteiger partial charge in [-0.1, -0.05) is 24.3 Å². The monoisotopic (exact) mass is 388 g/mol. The summed E-state index contributed by atoms with van der Waals surface area (Å²) in [5, 5.41) is 0. The Morgan fingerprint density at radius 3 is 2.59 bits per heavy atom. The first-order valence-electron chi connectivity index (χ1n) is 8.69. The summed E-state index contributed by atoms with van der Waals surface area (Å²) < 4.78 is 33.5. The van der Waals surface area contributed by atoms with Crippen LogP contribution >= 0.6 is 0 Å². The third-order valence-electron chi connectivity index (χ3n) is 4.67. The van der Waals surface area contributed by atoms with Crippen LogP contribution in [0.2, 0.25) is 0 Å². The van der Waals surface area contributed by atoms with E-state index in [9.17, 15) is 13.2 Å². The van der Waals surface area contributed by atoms with E-state index in [0.29, 0.717) is 17.1 Å². The molecule has 6 nitrogen and oxygen atoms in total. The molecule has 0 spiro atoms. The van der Waals surface area contributed by atoms with Gasteiger partial charge in [0.1, 0.15) is 12.4 Å². The second-order valence-electron chi connectivity index (χ2n) is 7.51. The number of aryl methyl sites for hydroxylation is 1. The Morgan fingerprint density at radius 1 is 1.19 bits per heavy atom. The van der Waals surface area contributed by atoms with Crippen molar-refractivity contribution >= 4 is 27.3 Å². The van der Waals surface area contributed by atoms with Crippen molar-refractivity contribution < 1.29 is 17.9 Å². The zero-order chi connectivity index (χ0) is 19.8. The van der Waals surface area contributed by atoms with Gasteiger partial charge in [0.2, 0.25) is 15.9 Å². The number of rotatable bonds is 4. The fourth-order valence-electron chi connectivity index (χ4n) is 3.05. The fraction of sp³-hybridized carbons (Fsp3) is 0.350. The van der Waals surface area contributed by atoms with Gasteiger partial charge in [-0.3, -0.25) is 9.52 Å². The van der Waals surface area contributed by atoms with Crippen molar-refractivity contribution in [2.24, 2.45) is 5.41 Å². The van der Waals surface area contributed by atoms with E-state index in [1.54, 1.807) is 36.2 Å². The van der Waals surface area contributed by atoms with Crippen LogP contribution in [0, 0.1) is 12.3 Å². The number of amides is 1. The molecule has 0 fully saturated rings. The topological polar surface area (TPSA) is 75.7 Å². The highest BCUT2D eigenvalue weighted by Crippen LogP contribution is 2.37. The van der Waals surface area contributed by atoms with Crippen LogP contribution in [0.4, 0.5) is 11.4 Å². The molecular formula is C20H24N2O4S. The molecule has 144 valence electrons. The number of carbonyl (C=O) groups is 1. The first-order valence-corrected chi connectivity index (χ1v) is 10.3. The molecule has 1 amide bonds. The second-order valence-corrected chi connectivity index (χ2v) is 9.23. The normalized spacial score (nSPS) is 16.3. The SMILES string of the molecule is Cc1ccccc1CS(=O)(=O)Nc1ccc2c(c1)OCC(C)(C)C(=O)N2C. The lowest BCUT2D eigenvalue weighted by molar-refractivity contribution is -0.127. The van der Waals surface area contributed by atoms with Gasteiger partial charge >= 0.3 is 0 Å². The van der Waals surface area contributed by atoms with Gasteiger partial charge in [-0.25, -0.2) is 8.42 Å². The van der Waals surface area contributed by atoms with Gasteiger partial charge in [-0.05, 0) is 44.0 Å². The maximum atomic E-state index is 12.6. The van der Waals surface area contributed by atoms with Crippen molar-refractivity contribution in [1.82, 2.24) is 0 Å². The van der Waals surface area contributed by atoms with Crippen LogP contribution in [-0.4, -0.2) is 28.0 Å². The van der Waals surface area contributed by atoms with Crippen LogP contribution in [0.25, 0.3) is 0 Å². The maximum Gasteiger partial charge on any atom is 0.236 e. The highest BCUT2D eigenvalue weighted by atomic mass is 32.2. The summed E-state index contributed by atoms with van der Waals surface area (Å²) in [5.41, 5.74) is 2.05. The lowest BCUT2D eigenvalue weighted by atomic mass is 9.93. The number of hydrogen-bond acceptors (Lipinski definition) is 4. The van der Waals surface area contributed by atoms with Crippen LogP contribution in [0.15, 0.2) is 42.5 Å². The van der Waals surface area contributed by atoms with Gasteiger partial charge < -0.3 is 9.64 Å². The van der Waals surface area contributed by atoms with Crippen LogP contribution in [0.5, 0.6) is 5.75 Å². The van der Waals surface area contributed by atoms with Crippen molar-refractivity contribution in [3.63, 3.8) is 0 Å². The number of carbonyl (C=O) groups excluding carboxylic acids is 1. The van der Waals surface area contributed by atoms with Crippen molar-refractivity contribution in [3.8, 4) is 5.75 Å². The van der Waals surface area contributed by atoms with E-state index in [1.165, 1.54) is 0 Å². The van der Waals surface area contributed by atoms with Gasteiger partial charge in [0.25, 0.3) is 0 Å². The summed E-state index contributed by atoms with van der Waals surface area (Å²) in [4.78, 5) is 14.1. The van der Waals surface area contributed by atoms with Crippen LogP contribution < -0.4 is 14.4 Å². The summed E-state index contributed by atoms with van der Waals surface area (Å²) in [7, 11) is -1.89. The molecule has 1 N–H and O–H groups in total. The number of hydrogen-bond donors (Lipinski definition) is 1. The molecule has 3 rings (SSSR count). The largest absolute Gasteiger partial charge is 0.490 e. The number of benzene rings is 2. The van der Waals surface area contributed by atoms with Gasteiger partial charge in [-0.15, -0.1) is 0 Å². The molecular weight excluding hydrogens is 364 g/mol. The average molecular weight is 388 g/mol. The molecule has 0 radical (unpaired) electrons. The van der Waals surface area contributed by atoms with Gasteiger partial charge in [0.15, 0.2) is 0 Å². The van der Waals surface area contributed by atoms with Crippen LogP contribution in [0.3, 0.4) is 0 Å². The molecule has 2 aromatic carbocycles. The summed E-state index contributed by atoms with van der Waals surface area (Å²) in [6, 6.07) is 12.3. The number of anilines is 2. The van der Waals surface area contributed by atoms with Gasteiger partial charge in [0, 0.05) is 13.1 Å². The smallest absolute Gasteiger partial charge is 0.236 e.